The van der Waals surface area contributed by atoms with Crippen LogP contribution in [0.1, 0.15) is 32.6 Å². The number of hydrogen-bond acceptors (Lipinski definition) is 2. The largest absolute Gasteiger partial charge is 0.501 e. The molecule has 1 fully saturated rings. The maximum absolute atomic E-state index is 5.55. The molecule has 2 nitrogen and oxygen atoms in total. The molecule has 1 aliphatic heterocycles. The summed E-state index contributed by atoms with van der Waals surface area (Å²) < 4.78 is 10.8. The van der Waals surface area contributed by atoms with Crippen LogP contribution in [0.4, 0.5) is 0 Å². The van der Waals surface area contributed by atoms with Crippen molar-refractivity contribution < 1.29 is 9.47 Å². The maximum Gasteiger partial charge on any atom is 0.0897 e. The molecule has 2 heteroatoms. The molecule has 0 amide bonds. The number of allylic oxidation sites excluding steroid dienone is 1. The van der Waals surface area contributed by atoms with E-state index in [1.54, 1.807) is 6.26 Å². The van der Waals surface area contributed by atoms with Gasteiger partial charge < -0.3 is 9.47 Å². The van der Waals surface area contributed by atoms with Crippen molar-refractivity contribution in [2.24, 2.45) is 0 Å². The molecule has 0 spiro atoms. The van der Waals surface area contributed by atoms with Gasteiger partial charge in [0.2, 0.25) is 0 Å². The molecular weight excluding hydrogens is 152 g/mol. The Hall–Kier alpha value is -0.500. The predicted molar refractivity (Wildman–Crippen MR) is 49.0 cm³/mol. The zero-order valence-electron chi connectivity index (χ0n) is 7.79. The molecule has 1 saturated heterocycles. The van der Waals surface area contributed by atoms with E-state index in [1.165, 1.54) is 19.3 Å². The van der Waals surface area contributed by atoms with Gasteiger partial charge in [0.25, 0.3) is 0 Å². The summed E-state index contributed by atoms with van der Waals surface area (Å²) in [5.41, 5.74) is 0. The van der Waals surface area contributed by atoms with Crippen LogP contribution in [0.3, 0.4) is 0 Å². The molecule has 0 bridgehead atoms. The van der Waals surface area contributed by atoms with E-state index in [0.717, 1.165) is 19.6 Å². The van der Waals surface area contributed by atoms with Crippen molar-refractivity contribution in [3.63, 3.8) is 0 Å². The van der Waals surface area contributed by atoms with Crippen LogP contribution in [-0.4, -0.2) is 19.3 Å². The molecule has 1 heterocycles. The van der Waals surface area contributed by atoms with E-state index in [1.807, 2.05) is 13.0 Å². The summed E-state index contributed by atoms with van der Waals surface area (Å²) in [5, 5.41) is 0. The fraction of sp³-hybridized carbons (Fsp3) is 0.800. The van der Waals surface area contributed by atoms with E-state index in [0.29, 0.717) is 6.10 Å². The number of ether oxygens (including phenoxy) is 2. The summed E-state index contributed by atoms with van der Waals surface area (Å²) in [6.07, 6.45) is 8.87. The van der Waals surface area contributed by atoms with Crippen molar-refractivity contribution in [3.05, 3.63) is 12.3 Å². The van der Waals surface area contributed by atoms with Crippen LogP contribution < -0.4 is 0 Å². The first-order valence-corrected chi connectivity index (χ1v) is 4.78. The van der Waals surface area contributed by atoms with Gasteiger partial charge in [0, 0.05) is 13.0 Å². The zero-order chi connectivity index (χ0) is 8.65. The molecule has 12 heavy (non-hydrogen) atoms. The second-order valence-electron chi connectivity index (χ2n) is 3.12. The van der Waals surface area contributed by atoms with E-state index in [9.17, 15) is 0 Å². The van der Waals surface area contributed by atoms with Gasteiger partial charge in [-0.05, 0) is 26.2 Å². The zero-order valence-corrected chi connectivity index (χ0v) is 7.79. The van der Waals surface area contributed by atoms with E-state index in [-0.39, 0.29) is 0 Å². The monoisotopic (exact) mass is 170 g/mol. The Morgan fingerprint density at radius 3 is 3.08 bits per heavy atom. The van der Waals surface area contributed by atoms with Crippen LogP contribution >= 0.6 is 0 Å². The third kappa shape index (κ3) is 3.77. The van der Waals surface area contributed by atoms with Gasteiger partial charge in [-0.15, -0.1) is 0 Å². The Kier molecular flexibility index (Phi) is 4.85. The lowest BCUT2D eigenvalue weighted by molar-refractivity contribution is 0.000817. The van der Waals surface area contributed by atoms with Gasteiger partial charge in [-0.25, -0.2) is 0 Å². The highest BCUT2D eigenvalue weighted by Gasteiger charge is 2.12. The molecule has 0 aromatic carbocycles. The molecule has 0 radical (unpaired) electrons. The van der Waals surface area contributed by atoms with Gasteiger partial charge in [0.15, 0.2) is 0 Å². The van der Waals surface area contributed by atoms with Gasteiger partial charge in [-0.1, -0.05) is 6.08 Å². The minimum atomic E-state index is 0.448. The van der Waals surface area contributed by atoms with Crippen LogP contribution in [0.5, 0.6) is 0 Å². The van der Waals surface area contributed by atoms with Crippen molar-refractivity contribution in [3.8, 4) is 0 Å². The quantitative estimate of drug-likeness (QED) is 0.476. The summed E-state index contributed by atoms with van der Waals surface area (Å²) in [5.74, 6) is 0. The van der Waals surface area contributed by atoms with Crippen molar-refractivity contribution in [1.29, 1.82) is 0 Å². The Bertz CT molecular complexity index is 126. The molecule has 1 unspecified atom stereocenters. The van der Waals surface area contributed by atoms with Crippen LogP contribution in [0.25, 0.3) is 0 Å². The van der Waals surface area contributed by atoms with Gasteiger partial charge in [0.05, 0.1) is 19.0 Å². The summed E-state index contributed by atoms with van der Waals surface area (Å²) in [7, 11) is 0. The minimum Gasteiger partial charge on any atom is -0.501 e. The molecule has 0 N–H and O–H groups in total. The second-order valence-corrected chi connectivity index (χ2v) is 3.12. The molecule has 0 aliphatic carbocycles. The fourth-order valence-corrected chi connectivity index (χ4v) is 1.40. The lowest BCUT2D eigenvalue weighted by atomic mass is 10.1. The van der Waals surface area contributed by atoms with Crippen LogP contribution in [0, 0.1) is 0 Å². The average molecular weight is 170 g/mol. The lowest BCUT2D eigenvalue weighted by Gasteiger charge is -2.21. The molecule has 0 saturated carbocycles. The predicted octanol–water partition coefficient (Wildman–Crippen LogP) is 2.50. The number of rotatable bonds is 4. The summed E-state index contributed by atoms with van der Waals surface area (Å²) >= 11 is 0. The van der Waals surface area contributed by atoms with Crippen molar-refractivity contribution in [2.75, 3.05) is 13.2 Å². The average Bonchev–Trinajstić information content (AvgIpc) is 2.14. The van der Waals surface area contributed by atoms with Crippen LogP contribution in [-0.2, 0) is 9.47 Å². The fourth-order valence-electron chi connectivity index (χ4n) is 1.40. The van der Waals surface area contributed by atoms with E-state index in [2.05, 4.69) is 0 Å². The first-order valence-electron chi connectivity index (χ1n) is 4.78. The smallest absolute Gasteiger partial charge is 0.0897 e. The van der Waals surface area contributed by atoms with Gasteiger partial charge >= 0.3 is 0 Å². The highest BCUT2D eigenvalue weighted by Crippen LogP contribution is 2.15. The molecule has 1 aliphatic rings. The second kappa shape index (κ2) is 6.06. The summed E-state index contributed by atoms with van der Waals surface area (Å²) in [6, 6.07) is 0. The van der Waals surface area contributed by atoms with E-state index in [4.69, 9.17) is 9.47 Å². The van der Waals surface area contributed by atoms with Gasteiger partial charge in [0.1, 0.15) is 0 Å². The molecule has 1 atom stereocenters. The molecule has 0 aromatic rings. The van der Waals surface area contributed by atoms with Crippen molar-refractivity contribution in [2.45, 2.75) is 38.7 Å². The summed E-state index contributed by atoms with van der Waals surface area (Å²) in [4.78, 5) is 0. The minimum absolute atomic E-state index is 0.448. The Labute approximate surface area is 74.6 Å². The Morgan fingerprint density at radius 2 is 2.42 bits per heavy atom. The first kappa shape index (κ1) is 9.59. The molecule has 70 valence electrons. The van der Waals surface area contributed by atoms with Crippen LogP contribution in [0.2, 0.25) is 0 Å². The normalized spacial score (nSPS) is 24.6. The first-order chi connectivity index (χ1) is 5.93. The maximum atomic E-state index is 5.55. The molecule has 0 aromatic heterocycles. The van der Waals surface area contributed by atoms with Gasteiger partial charge in [-0.2, -0.15) is 0 Å². The Balaban J connectivity index is 1.97. The summed E-state index contributed by atoms with van der Waals surface area (Å²) in [6.45, 7) is 3.68. The molecular formula is C10H18O2. The standard InChI is InChI=1S/C10H18O2/c1-2-7-11-9-6-10-5-3-4-8-12-10/h2,7,10H,3-6,8-9H2,1H3/b7-2+. The third-order valence-corrected chi connectivity index (χ3v) is 2.06. The third-order valence-electron chi connectivity index (χ3n) is 2.06. The van der Waals surface area contributed by atoms with Crippen molar-refractivity contribution >= 4 is 0 Å². The van der Waals surface area contributed by atoms with E-state index < -0.39 is 0 Å². The SMILES string of the molecule is C/C=C/OCCC1CCCCO1. The number of hydrogen-bond donors (Lipinski definition) is 0. The lowest BCUT2D eigenvalue weighted by Crippen LogP contribution is -2.20. The highest BCUT2D eigenvalue weighted by molar-refractivity contribution is 4.67. The van der Waals surface area contributed by atoms with Crippen LogP contribution in [0.15, 0.2) is 12.3 Å². The molecule has 1 rings (SSSR count). The van der Waals surface area contributed by atoms with Crippen molar-refractivity contribution in [1.82, 2.24) is 0 Å². The van der Waals surface area contributed by atoms with Gasteiger partial charge in [-0.3, -0.25) is 0 Å². The van der Waals surface area contributed by atoms with E-state index >= 15 is 0 Å². The Morgan fingerprint density at radius 1 is 1.50 bits per heavy atom. The topological polar surface area (TPSA) is 18.5 Å². The highest BCUT2D eigenvalue weighted by atomic mass is 16.5.